The average Bonchev–Trinajstić information content (AvgIpc) is 2.59. The van der Waals surface area contributed by atoms with E-state index in [0.29, 0.717) is 0 Å². The summed E-state index contributed by atoms with van der Waals surface area (Å²) >= 11 is 0. The summed E-state index contributed by atoms with van der Waals surface area (Å²) in [5.74, 6) is 0.853. The van der Waals surface area contributed by atoms with Crippen LogP contribution in [-0.4, -0.2) is 23.1 Å². The molecule has 2 N–H and O–H groups in total. The Morgan fingerprint density at radius 2 is 2.00 bits per heavy atom. The molecule has 0 unspecified atom stereocenters. The SMILES string of the molecule is Br.Br.c1ncc(CC2CCNCC2)[nH]1. The number of nitrogens with zero attached hydrogens (tertiary/aromatic N) is 1. The molecular formula is C9H17Br2N3. The molecule has 82 valence electrons. The summed E-state index contributed by atoms with van der Waals surface area (Å²) in [6.45, 7) is 2.36. The molecule has 1 aliphatic rings. The van der Waals surface area contributed by atoms with E-state index in [9.17, 15) is 0 Å². The lowest BCUT2D eigenvalue weighted by molar-refractivity contribution is 0.370. The molecule has 0 aliphatic carbocycles. The highest BCUT2D eigenvalue weighted by atomic mass is 79.9. The van der Waals surface area contributed by atoms with Gasteiger partial charge in [-0.25, -0.2) is 4.98 Å². The number of imidazole rings is 1. The third-order valence-electron chi connectivity index (χ3n) is 2.52. The smallest absolute Gasteiger partial charge is 0.0921 e. The topological polar surface area (TPSA) is 40.7 Å². The van der Waals surface area contributed by atoms with Gasteiger partial charge < -0.3 is 10.3 Å². The van der Waals surface area contributed by atoms with Gasteiger partial charge in [0.25, 0.3) is 0 Å². The van der Waals surface area contributed by atoms with Crippen LogP contribution >= 0.6 is 34.0 Å². The number of aromatic nitrogens is 2. The molecule has 3 nitrogen and oxygen atoms in total. The predicted octanol–water partition coefficient (Wildman–Crippen LogP) is 2.11. The fourth-order valence-electron chi connectivity index (χ4n) is 1.79. The Labute approximate surface area is 106 Å². The van der Waals surface area contributed by atoms with Crippen molar-refractivity contribution in [1.29, 1.82) is 0 Å². The normalized spacial score (nSPS) is 16.9. The summed E-state index contributed by atoms with van der Waals surface area (Å²) in [5.41, 5.74) is 1.28. The average molecular weight is 327 g/mol. The van der Waals surface area contributed by atoms with Crippen LogP contribution < -0.4 is 5.32 Å². The standard InChI is InChI=1S/C9H15N3.2BrH/c1-3-10-4-2-8(1)5-9-6-11-7-12-9;;/h6-8,10H,1-5H2,(H,11,12);2*1H. The lowest BCUT2D eigenvalue weighted by atomic mass is 9.93. The van der Waals surface area contributed by atoms with Gasteiger partial charge in [0.05, 0.1) is 6.33 Å². The maximum atomic E-state index is 4.02. The number of hydrogen-bond acceptors (Lipinski definition) is 2. The van der Waals surface area contributed by atoms with E-state index in [2.05, 4.69) is 15.3 Å². The fourth-order valence-corrected chi connectivity index (χ4v) is 1.79. The number of piperidine rings is 1. The Morgan fingerprint density at radius 1 is 1.29 bits per heavy atom. The van der Waals surface area contributed by atoms with Crippen LogP contribution in [0.25, 0.3) is 0 Å². The highest BCUT2D eigenvalue weighted by Crippen LogP contribution is 2.15. The molecule has 0 bridgehead atoms. The Balaban J connectivity index is 0.000000845. The van der Waals surface area contributed by atoms with Crippen LogP contribution in [0.2, 0.25) is 0 Å². The molecule has 2 heterocycles. The van der Waals surface area contributed by atoms with Gasteiger partial charge >= 0.3 is 0 Å². The van der Waals surface area contributed by atoms with Crippen LogP contribution in [0.15, 0.2) is 12.5 Å². The van der Waals surface area contributed by atoms with Crippen LogP contribution in [0, 0.1) is 5.92 Å². The van der Waals surface area contributed by atoms with E-state index < -0.39 is 0 Å². The zero-order chi connectivity index (χ0) is 8.23. The van der Waals surface area contributed by atoms with Crippen LogP contribution in [0.3, 0.4) is 0 Å². The molecule has 0 amide bonds. The third kappa shape index (κ3) is 4.11. The van der Waals surface area contributed by atoms with Gasteiger partial charge in [-0.05, 0) is 38.3 Å². The van der Waals surface area contributed by atoms with Gasteiger partial charge in [0, 0.05) is 11.9 Å². The van der Waals surface area contributed by atoms with Crippen molar-refractivity contribution < 1.29 is 0 Å². The van der Waals surface area contributed by atoms with Crippen molar-refractivity contribution >= 4 is 34.0 Å². The minimum Gasteiger partial charge on any atom is -0.348 e. The van der Waals surface area contributed by atoms with Gasteiger partial charge in [0.2, 0.25) is 0 Å². The van der Waals surface area contributed by atoms with Gasteiger partial charge in [0.1, 0.15) is 0 Å². The van der Waals surface area contributed by atoms with Gasteiger partial charge in [-0.15, -0.1) is 34.0 Å². The molecule has 0 atom stereocenters. The molecule has 5 heteroatoms. The minimum absolute atomic E-state index is 0. The second kappa shape index (κ2) is 7.43. The molecule has 1 aromatic rings. The van der Waals surface area contributed by atoms with E-state index >= 15 is 0 Å². The van der Waals surface area contributed by atoms with Gasteiger partial charge in [-0.3, -0.25) is 0 Å². The number of H-pyrrole nitrogens is 1. The molecular weight excluding hydrogens is 310 g/mol. The largest absolute Gasteiger partial charge is 0.348 e. The molecule has 14 heavy (non-hydrogen) atoms. The van der Waals surface area contributed by atoms with Crippen molar-refractivity contribution in [2.24, 2.45) is 5.92 Å². The number of hydrogen-bond donors (Lipinski definition) is 2. The zero-order valence-electron chi connectivity index (χ0n) is 8.03. The van der Waals surface area contributed by atoms with E-state index in [1.54, 1.807) is 6.33 Å². The molecule has 1 saturated heterocycles. The summed E-state index contributed by atoms with van der Waals surface area (Å²) in [5, 5.41) is 3.37. The zero-order valence-corrected chi connectivity index (χ0v) is 11.5. The minimum atomic E-state index is 0. The molecule has 0 spiro atoms. The van der Waals surface area contributed by atoms with Crippen molar-refractivity contribution in [3.8, 4) is 0 Å². The number of nitrogens with one attached hydrogen (secondary N) is 2. The van der Waals surface area contributed by atoms with Crippen LogP contribution in [0.4, 0.5) is 0 Å². The molecule has 1 aliphatic heterocycles. The first-order valence-corrected chi connectivity index (χ1v) is 4.63. The van der Waals surface area contributed by atoms with E-state index in [4.69, 9.17) is 0 Å². The van der Waals surface area contributed by atoms with Crippen molar-refractivity contribution in [3.63, 3.8) is 0 Å². The van der Waals surface area contributed by atoms with Crippen LogP contribution in [0.1, 0.15) is 18.5 Å². The molecule has 0 aromatic carbocycles. The predicted molar refractivity (Wildman–Crippen MR) is 68.5 cm³/mol. The summed E-state index contributed by atoms with van der Waals surface area (Å²) in [4.78, 5) is 7.17. The quantitative estimate of drug-likeness (QED) is 0.874. The van der Waals surface area contributed by atoms with Gasteiger partial charge in [-0.2, -0.15) is 0 Å². The summed E-state index contributed by atoms with van der Waals surface area (Å²) in [6.07, 6.45) is 7.47. The second-order valence-electron chi connectivity index (χ2n) is 3.47. The number of aromatic amines is 1. The molecule has 0 saturated carbocycles. The first-order valence-electron chi connectivity index (χ1n) is 4.63. The molecule has 2 rings (SSSR count). The lowest BCUT2D eigenvalue weighted by Gasteiger charge is -2.21. The maximum Gasteiger partial charge on any atom is 0.0921 e. The Hall–Kier alpha value is 0.130. The van der Waals surface area contributed by atoms with Crippen molar-refractivity contribution in [2.45, 2.75) is 19.3 Å². The van der Waals surface area contributed by atoms with Gasteiger partial charge in [-0.1, -0.05) is 0 Å². The Bertz CT molecular complexity index is 220. The van der Waals surface area contributed by atoms with Crippen LogP contribution in [0.5, 0.6) is 0 Å². The summed E-state index contributed by atoms with van der Waals surface area (Å²) < 4.78 is 0. The molecule has 0 radical (unpaired) electrons. The van der Waals surface area contributed by atoms with E-state index in [1.165, 1.54) is 38.0 Å². The first-order chi connectivity index (χ1) is 5.95. The van der Waals surface area contributed by atoms with Crippen LogP contribution in [-0.2, 0) is 6.42 Å². The summed E-state index contributed by atoms with van der Waals surface area (Å²) in [6, 6.07) is 0. The second-order valence-corrected chi connectivity index (χ2v) is 3.47. The first kappa shape index (κ1) is 14.1. The van der Waals surface area contributed by atoms with E-state index in [0.717, 1.165) is 5.92 Å². The third-order valence-corrected chi connectivity index (χ3v) is 2.52. The highest BCUT2D eigenvalue weighted by Gasteiger charge is 2.13. The number of halogens is 2. The monoisotopic (exact) mass is 325 g/mol. The van der Waals surface area contributed by atoms with Gasteiger partial charge in [0.15, 0.2) is 0 Å². The Morgan fingerprint density at radius 3 is 2.57 bits per heavy atom. The fraction of sp³-hybridized carbons (Fsp3) is 0.667. The Kier molecular flexibility index (Phi) is 7.49. The molecule has 1 aromatic heterocycles. The van der Waals surface area contributed by atoms with Crippen molar-refractivity contribution in [2.75, 3.05) is 13.1 Å². The van der Waals surface area contributed by atoms with E-state index in [-0.39, 0.29) is 34.0 Å². The highest BCUT2D eigenvalue weighted by molar-refractivity contribution is 8.93. The van der Waals surface area contributed by atoms with Crippen molar-refractivity contribution in [1.82, 2.24) is 15.3 Å². The summed E-state index contributed by atoms with van der Waals surface area (Å²) in [7, 11) is 0. The van der Waals surface area contributed by atoms with E-state index in [1.807, 2.05) is 6.20 Å². The van der Waals surface area contributed by atoms with Crippen molar-refractivity contribution in [3.05, 3.63) is 18.2 Å². The maximum absolute atomic E-state index is 4.02. The lowest BCUT2D eigenvalue weighted by Crippen LogP contribution is -2.28. The number of rotatable bonds is 2. The molecule has 1 fully saturated rings.